The molecule has 0 aliphatic carbocycles. The van der Waals surface area contributed by atoms with Crippen LogP contribution in [0.5, 0.6) is 0 Å². The third kappa shape index (κ3) is 4.07. The van der Waals surface area contributed by atoms with Crippen LogP contribution >= 0.6 is 0 Å². The van der Waals surface area contributed by atoms with Crippen LogP contribution in [0.1, 0.15) is 12.8 Å². The van der Waals surface area contributed by atoms with Crippen LogP contribution in [-0.2, 0) is 8.85 Å². The van der Waals surface area contributed by atoms with Gasteiger partial charge in [-0.05, 0) is 19.0 Å². The molecule has 0 fully saturated rings. The van der Waals surface area contributed by atoms with Crippen molar-refractivity contribution >= 4 is 8.56 Å². The van der Waals surface area contributed by atoms with E-state index in [4.69, 9.17) is 8.85 Å². The van der Waals surface area contributed by atoms with Crippen LogP contribution in [0.3, 0.4) is 0 Å². The summed E-state index contributed by atoms with van der Waals surface area (Å²) in [6, 6.07) is -0.275. The number of hydrogen-bond acceptors (Lipinski definition) is 2. The number of rotatable bonds is 8. The molecule has 2 nitrogen and oxygen atoms in total. The predicted octanol–water partition coefficient (Wildman–Crippen LogP) is 4.60. The fourth-order valence-electron chi connectivity index (χ4n) is 1.48. The van der Waals surface area contributed by atoms with Gasteiger partial charge in [0.2, 0.25) is 0 Å². The van der Waals surface area contributed by atoms with Gasteiger partial charge in [0, 0.05) is 20.6 Å². The van der Waals surface area contributed by atoms with Gasteiger partial charge in [-0.15, -0.1) is 0 Å². The molecule has 0 aromatic rings. The average molecular weight is 366 g/mol. The van der Waals surface area contributed by atoms with Crippen LogP contribution in [0, 0.1) is 0 Å². The molecule has 0 radical (unpaired) electrons. The van der Waals surface area contributed by atoms with E-state index in [2.05, 4.69) is 0 Å². The molecule has 22 heavy (non-hydrogen) atoms. The van der Waals surface area contributed by atoms with Crippen molar-refractivity contribution in [2.45, 2.75) is 49.4 Å². The molecule has 0 spiro atoms. The third-order valence-corrected chi connectivity index (χ3v) is 6.18. The van der Waals surface area contributed by atoms with E-state index in [-0.39, 0.29) is 6.04 Å². The molecule has 0 aliphatic rings. The van der Waals surface area contributed by atoms with Gasteiger partial charge in [0.25, 0.3) is 0 Å². The van der Waals surface area contributed by atoms with E-state index in [1.54, 1.807) is 0 Å². The average Bonchev–Trinajstić information content (AvgIpc) is 2.36. The van der Waals surface area contributed by atoms with E-state index in [0.717, 1.165) is 0 Å². The van der Waals surface area contributed by atoms with Gasteiger partial charge in [-0.2, -0.15) is 39.5 Å². The molecule has 0 amide bonds. The molecule has 134 valence electrons. The molecule has 0 aromatic carbocycles. The first kappa shape index (κ1) is 21.5. The number of hydrogen-bond donors (Lipinski definition) is 0. The Morgan fingerprint density at radius 3 is 1.50 bits per heavy atom. The smallest absolute Gasteiger partial charge is 0.398 e. The third-order valence-electron chi connectivity index (χ3n) is 3.19. The first-order valence-electron chi connectivity index (χ1n) is 5.88. The fraction of sp³-hybridized carbons (Fsp3) is 1.00. The second kappa shape index (κ2) is 6.55. The Labute approximate surface area is 121 Å². The SMILES string of the molecule is CO[Si](C)(CCCC(F)(F)C(F)(F)C(F)(F)C(F)(F)F)OC. The van der Waals surface area contributed by atoms with Gasteiger partial charge >= 0.3 is 32.5 Å². The zero-order chi connectivity index (χ0) is 18.0. The Hall–Kier alpha value is -0.493. The molecular formula is C10H15F9O2Si. The Morgan fingerprint density at radius 2 is 1.18 bits per heavy atom. The Bertz CT molecular complexity index is 366. The minimum atomic E-state index is -6.84. The predicted molar refractivity (Wildman–Crippen MR) is 60.6 cm³/mol. The molecule has 12 heteroatoms. The Kier molecular flexibility index (Phi) is 6.41. The minimum absolute atomic E-state index is 0.275. The quantitative estimate of drug-likeness (QED) is 0.462. The summed E-state index contributed by atoms with van der Waals surface area (Å²) in [6.07, 6.45) is -9.41. The van der Waals surface area contributed by atoms with Crippen LogP contribution in [0.2, 0.25) is 12.6 Å². The van der Waals surface area contributed by atoms with Crippen molar-refractivity contribution in [2.24, 2.45) is 0 Å². The summed E-state index contributed by atoms with van der Waals surface area (Å²) in [5, 5.41) is 0. The summed E-state index contributed by atoms with van der Waals surface area (Å²) >= 11 is 0. The van der Waals surface area contributed by atoms with Crippen LogP contribution in [-0.4, -0.2) is 46.7 Å². The lowest BCUT2D eigenvalue weighted by atomic mass is 10.00. The maximum Gasteiger partial charge on any atom is 0.460 e. The Balaban J connectivity index is 5.08. The highest BCUT2D eigenvalue weighted by molar-refractivity contribution is 6.65. The van der Waals surface area contributed by atoms with Gasteiger partial charge in [0.1, 0.15) is 0 Å². The summed E-state index contributed by atoms with van der Waals surface area (Å²) in [7, 11) is -0.565. The van der Waals surface area contributed by atoms with E-state index in [1.807, 2.05) is 0 Å². The molecule has 0 aromatic heterocycles. The fourth-order valence-corrected chi connectivity index (χ4v) is 2.88. The largest absolute Gasteiger partial charge is 0.460 e. The Morgan fingerprint density at radius 1 is 0.773 bits per heavy atom. The van der Waals surface area contributed by atoms with Crippen molar-refractivity contribution < 1.29 is 48.4 Å². The molecule has 0 unspecified atom stereocenters. The molecule has 0 N–H and O–H groups in total. The van der Waals surface area contributed by atoms with Crippen molar-refractivity contribution in [3.05, 3.63) is 0 Å². The minimum Gasteiger partial charge on any atom is -0.398 e. The van der Waals surface area contributed by atoms with Crippen molar-refractivity contribution in [1.82, 2.24) is 0 Å². The maximum absolute atomic E-state index is 13.2. The van der Waals surface area contributed by atoms with Gasteiger partial charge in [-0.3, -0.25) is 0 Å². The molecule has 0 bridgehead atoms. The van der Waals surface area contributed by atoms with Crippen molar-refractivity contribution in [3.8, 4) is 0 Å². The summed E-state index contributed by atoms with van der Waals surface area (Å²) in [5.41, 5.74) is 0. The van der Waals surface area contributed by atoms with Crippen LogP contribution in [0.25, 0.3) is 0 Å². The number of alkyl halides is 9. The maximum atomic E-state index is 13.2. The summed E-state index contributed by atoms with van der Waals surface area (Å²) in [5.74, 6) is -18.9. The van der Waals surface area contributed by atoms with E-state index >= 15 is 0 Å². The van der Waals surface area contributed by atoms with E-state index < -0.39 is 45.3 Å². The molecule has 0 rings (SSSR count). The van der Waals surface area contributed by atoms with Crippen molar-refractivity contribution in [3.63, 3.8) is 0 Å². The van der Waals surface area contributed by atoms with Gasteiger partial charge in [0.15, 0.2) is 0 Å². The lowest BCUT2D eigenvalue weighted by Crippen LogP contribution is -2.60. The lowest BCUT2D eigenvalue weighted by molar-refractivity contribution is -0.396. The first-order chi connectivity index (χ1) is 9.58. The van der Waals surface area contributed by atoms with E-state index in [9.17, 15) is 39.5 Å². The van der Waals surface area contributed by atoms with E-state index in [1.165, 1.54) is 20.8 Å². The van der Waals surface area contributed by atoms with Gasteiger partial charge in [-0.1, -0.05) is 0 Å². The molecule has 0 saturated carbocycles. The first-order valence-corrected chi connectivity index (χ1v) is 8.41. The molecule has 0 heterocycles. The summed E-state index contributed by atoms with van der Waals surface area (Å²) < 4.78 is 123. The van der Waals surface area contributed by atoms with Gasteiger partial charge < -0.3 is 8.85 Å². The molecule has 0 saturated heterocycles. The number of halogens is 9. The molecular weight excluding hydrogens is 351 g/mol. The second-order valence-electron chi connectivity index (χ2n) is 4.75. The van der Waals surface area contributed by atoms with Crippen molar-refractivity contribution in [2.75, 3.05) is 14.2 Å². The van der Waals surface area contributed by atoms with Crippen LogP contribution in [0.4, 0.5) is 39.5 Å². The highest BCUT2D eigenvalue weighted by Crippen LogP contribution is 2.54. The van der Waals surface area contributed by atoms with Crippen LogP contribution < -0.4 is 0 Å². The standard InChI is InChI=1S/C10H15F9O2Si/c1-20-22(3,21-2)6-4-5-7(11,12)8(13,14)9(15,16)10(17,18)19/h4-6H2,1-3H3. The highest BCUT2D eigenvalue weighted by Gasteiger charge is 2.81. The van der Waals surface area contributed by atoms with E-state index in [0.29, 0.717) is 0 Å². The van der Waals surface area contributed by atoms with Crippen molar-refractivity contribution in [1.29, 1.82) is 0 Å². The lowest BCUT2D eigenvalue weighted by Gasteiger charge is -2.34. The topological polar surface area (TPSA) is 18.5 Å². The molecule has 0 atom stereocenters. The molecule has 0 aliphatic heterocycles. The summed E-state index contributed by atoms with van der Waals surface area (Å²) in [6.45, 7) is 1.40. The van der Waals surface area contributed by atoms with Gasteiger partial charge in [0.05, 0.1) is 0 Å². The van der Waals surface area contributed by atoms with Crippen LogP contribution in [0.15, 0.2) is 0 Å². The zero-order valence-electron chi connectivity index (χ0n) is 11.8. The monoisotopic (exact) mass is 366 g/mol. The normalized spacial score (nSPS) is 15.3. The second-order valence-corrected chi connectivity index (χ2v) is 8.33. The highest BCUT2D eigenvalue weighted by atomic mass is 28.4. The zero-order valence-corrected chi connectivity index (χ0v) is 12.8. The summed E-state index contributed by atoms with van der Waals surface area (Å²) in [4.78, 5) is 0. The van der Waals surface area contributed by atoms with Gasteiger partial charge in [-0.25, -0.2) is 0 Å².